The van der Waals surface area contributed by atoms with E-state index < -0.39 is 5.60 Å². The maximum atomic E-state index is 9.82. The molecule has 3 aromatic heterocycles. The Morgan fingerprint density at radius 2 is 1.96 bits per heavy atom. The summed E-state index contributed by atoms with van der Waals surface area (Å²) in [6.45, 7) is 3.30. The first kappa shape index (κ1) is 15.0. The minimum absolute atomic E-state index is 0.312. The average molecular weight is 308 g/mol. The lowest BCUT2D eigenvalue weighted by atomic mass is 10.1. The largest absolute Gasteiger partial charge is 0.467 e. The summed E-state index contributed by atoms with van der Waals surface area (Å²) in [5.74, 6) is 5.85. The summed E-state index contributed by atoms with van der Waals surface area (Å²) in [5, 5.41) is 14.2. The van der Waals surface area contributed by atoms with Gasteiger partial charge in [-0.25, -0.2) is 14.5 Å². The second-order valence-electron chi connectivity index (χ2n) is 5.54. The van der Waals surface area contributed by atoms with Gasteiger partial charge in [0.15, 0.2) is 0 Å². The minimum atomic E-state index is -1.06. The highest BCUT2D eigenvalue weighted by molar-refractivity contribution is 5.83. The van der Waals surface area contributed by atoms with Crippen LogP contribution in [-0.4, -0.2) is 37.4 Å². The predicted molar refractivity (Wildman–Crippen MR) is 85.9 cm³/mol. The summed E-state index contributed by atoms with van der Waals surface area (Å²) in [7, 11) is 1.52. The van der Waals surface area contributed by atoms with Crippen molar-refractivity contribution in [1.82, 2.24) is 19.6 Å². The third-order valence-electron chi connectivity index (χ3n) is 3.17. The van der Waals surface area contributed by atoms with E-state index >= 15 is 0 Å². The normalized spacial score (nSPS) is 11.1. The van der Waals surface area contributed by atoms with E-state index in [0.717, 1.165) is 22.2 Å². The Kier molecular flexibility index (Phi) is 3.72. The predicted octanol–water partition coefficient (Wildman–Crippen LogP) is 1.92. The summed E-state index contributed by atoms with van der Waals surface area (Å²) in [5.41, 5.74) is 2.25. The van der Waals surface area contributed by atoms with Crippen LogP contribution in [0.1, 0.15) is 19.4 Å². The molecular weight excluding hydrogens is 292 g/mol. The molecule has 1 N–H and O–H groups in total. The average Bonchev–Trinajstić information content (AvgIpc) is 2.97. The first-order valence-corrected chi connectivity index (χ1v) is 7.06. The Balaban J connectivity index is 2.16. The molecule has 0 spiro atoms. The van der Waals surface area contributed by atoms with Crippen molar-refractivity contribution >= 4 is 5.52 Å². The van der Waals surface area contributed by atoms with Crippen LogP contribution in [-0.2, 0) is 0 Å². The Hall–Kier alpha value is -2.91. The highest BCUT2D eigenvalue weighted by atomic mass is 16.5. The molecular formula is C17H16N4O2. The number of rotatable bonds is 2. The van der Waals surface area contributed by atoms with Crippen LogP contribution in [0.3, 0.4) is 0 Å². The molecule has 0 atom stereocenters. The topological polar surface area (TPSA) is 72.5 Å². The number of fused-ring (bicyclic) bond motifs is 1. The van der Waals surface area contributed by atoms with Gasteiger partial charge >= 0.3 is 6.01 Å². The Morgan fingerprint density at radius 3 is 2.61 bits per heavy atom. The second-order valence-corrected chi connectivity index (χ2v) is 5.54. The van der Waals surface area contributed by atoms with Crippen molar-refractivity contribution in [3.8, 4) is 29.0 Å². The van der Waals surface area contributed by atoms with Crippen LogP contribution in [0, 0.1) is 11.8 Å². The highest BCUT2D eigenvalue weighted by Crippen LogP contribution is 2.26. The molecule has 0 aliphatic heterocycles. The smallest absolute Gasteiger partial charge is 0.316 e. The van der Waals surface area contributed by atoms with Gasteiger partial charge in [0.2, 0.25) is 0 Å². The fraction of sp³-hybridized carbons (Fsp3) is 0.235. The van der Waals surface area contributed by atoms with E-state index in [1.54, 1.807) is 37.0 Å². The fourth-order valence-corrected chi connectivity index (χ4v) is 2.14. The van der Waals surface area contributed by atoms with Crippen LogP contribution in [0.25, 0.3) is 16.6 Å². The number of pyridine rings is 1. The molecule has 0 saturated heterocycles. The van der Waals surface area contributed by atoms with Crippen molar-refractivity contribution in [1.29, 1.82) is 0 Å². The zero-order valence-corrected chi connectivity index (χ0v) is 13.1. The summed E-state index contributed by atoms with van der Waals surface area (Å²) < 4.78 is 6.72. The molecule has 3 rings (SSSR count). The van der Waals surface area contributed by atoms with Crippen LogP contribution < -0.4 is 4.74 Å². The van der Waals surface area contributed by atoms with Gasteiger partial charge in [0.1, 0.15) is 5.60 Å². The van der Waals surface area contributed by atoms with Gasteiger partial charge in [-0.15, -0.1) is 0 Å². The van der Waals surface area contributed by atoms with E-state index in [1.165, 1.54) is 7.11 Å². The molecule has 0 unspecified atom stereocenters. The number of aromatic nitrogens is 4. The van der Waals surface area contributed by atoms with Gasteiger partial charge in [0, 0.05) is 29.7 Å². The standard InChI is InChI=1S/C17H16N4O2/c1-17(2,22)7-6-12-5-4-8-21-15(12)14(11-20-21)13-9-18-16(23-3)19-10-13/h4-5,8-11,22H,1-3H3. The van der Waals surface area contributed by atoms with Crippen LogP contribution in [0.5, 0.6) is 6.01 Å². The first-order valence-electron chi connectivity index (χ1n) is 7.06. The van der Waals surface area contributed by atoms with Crippen molar-refractivity contribution in [3.63, 3.8) is 0 Å². The molecule has 0 saturated carbocycles. The summed E-state index contributed by atoms with van der Waals surface area (Å²) >= 11 is 0. The SMILES string of the molecule is COc1ncc(-c2cnn3cccc(C#CC(C)(C)O)c23)cn1. The van der Waals surface area contributed by atoms with Crippen LogP contribution in [0.4, 0.5) is 0 Å². The van der Waals surface area contributed by atoms with Crippen molar-refractivity contribution in [3.05, 3.63) is 42.5 Å². The Bertz CT molecular complexity index is 896. The zero-order valence-electron chi connectivity index (χ0n) is 13.1. The molecule has 0 aliphatic rings. The number of ether oxygens (including phenoxy) is 1. The van der Waals surface area contributed by atoms with Gasteiger partial charge in [0.05, 0.1) is 24.4 Å². The van der Waals surface area contributed by atoms with E-state index in [4.69, 9.17) is 4.74 Å². The molecule has 0 fully saturated rings. The lowest BCUT2D eigenvalue weighted by Gasteiger charge is -2.07. The Morgan fingerprint density at radius 1 is 1.22 bits per heavy atom. The maximum absolute atomic E-state index is 9.82. The van der Waals surface area contributed by atoms with E-state index in [-0.39, 0.29) is 0 Å². The molecule has 3 aromatic rings. The summed E-state index contributed by atoms with van der Waals surface area (Å²) in [6.07, 6.45) is 6.96. The van der Waals surface area contributed by atoms with Crippen molar-refractivity contribution in [2.75, 3.05) is 7.11 Å². The van der Waals surface area contributed by atoms with Gasteiger partial charge in [0.25, 0.3) is 0 Å². The highest BCUT2D eigenvalue weighted by Gasteiger charge is 2.12. The number of methoxy groups -OCH3 is 1. The molecule has 6 heteroatoms. The number of nitrogens with zero attached hydrogens (tertiary/aromatic N) is 4. The van der Waals surface area contributed by atoms with Crippen molar-refractivity contribution in [2.24, 2.45) is 0 Å². The number of hydrogen-bond donors (Lipinski definition) is 1. The van der Waals surface area contributed by atoms with E-state index in [9.17, 15) is 5.11 Å². The zero-order chi connectivity index (χ0) is 16.4. The van der Waals surface area contributed by atoms with Crippen LogP contribution in [0.15, 0.2) is 36.9 Å². The van der Waals surface area contributed by atoms with Gasteiger partial charge in [-0.05, 0) is 26.0 Å². The van der Waals surface area contributed by atoms with Gasteiger partial charge in [-0.2, -0.15) is 5.10 Å². The summed E-state index contributed by atoms with van der Waals surface area (Å²) in [4.78, 5) is 8.26. The summed E-state index contributed by atoms with van der Waals surface area (Å²) in [6, 6.07) is 4.07. The first-order chi connectivity index (χ1) is 11.0. The van der Waals surface area contributed by atoms with Crippen LogP contribution in [0.2, 0.25) is 0 Å². The van der Waals surface area contributed by atoms with E-state index in [2.05, 4.69) is 26.9 Å². The molecule has 0 bridgehead atoms. The van der Waals surface area contributed by atoms with Gasteiger partial charge in [-0.3, -0.25) is 0 Å². The van der Waals surface area contributed by atoms with Crippen LogP contribution >= 0.6 is 0 Å². The second kappa shape index (κ2) is 5.71. The Labute approximate surface area is 133 Å². The molecule has 116 valence electrons. The van der Waals surface area contributed by atoms with Gasteiger partial charge in [-0.1, -0.05) is 11.8 Å². The molecule has 6 nitrogen and oxygen atoms in total. The number of aliphatic hydroxyl groups is 1. The molecule has 23 heavy (non-hydrogen) atoms. The van der Waals surface area contributed by atoms with Crippen molar-refractivity contribution in [2.45, 2.75) is 19.4 Å². The maximum Gasteiger partial charge on any atom is 0.316 e. The molecule has 0 aromatic carbocycles. The fourth-order valence-electron chi connectivity index (χ4n) is 2.14. The van der Waals surface area contributed by atoms with E-state index in [1.807, 2.05) is 18.3 Å². The lowest BCUT2D eigenvalue weighted by Crippen LogP contribution is -2.14. The molecule has 3 heterocycles. The monoisotopic (exact) mass is 308 g/mol. The quantitative estimate of drug-likeness (QED) is 0.732. The number of hydrogen-bond acceptors (Lipinski definition) is 5. The van der Waals surface area contributed by atoms with E-state index in [0.29, 0.717) is 6.01 Å². The molecule has 0 amide bonds. The lowest BCUT2D eigenvalue weighted by molar-refractivity contribution is 0.143. The molecule has 0 aliphatic carbocycles. The third kappa shape index (κ3) is 3.15. The van der Waals surface area contributed by atoms with Crippen molar-refractivity contribution < 1.29 is 9.84 Å². The minimum Gasteiger partial charge on any atom is -0.467 e. The van der Waals surface area contributed by atoms with Gasteiger partial charge < -0.3 is 9.84 Å². The third-order valence-corrected chi connectivity index (χ3v) is 3.17. The molecule has 0 radical (unpaired) electrons.